The molecule has 3 heteroatoms. The van der Waals surface area contributed by atoms with E-state index in [0.29, 0.717) is 12.3 Å². The van der Waals surface area contributed by atoms with Crippen molar-refractivity contribution in [2.75, 3.05) is 6.61 Å². The van der Waals surface area contributed by atoms with Crippen LogP contribution in [0, 0.1) is 11.3 Å². The monoisotopic (exact) mass is 201 g/mol. The van der Waals surface area contributed by atoms with Crippen LogP contribution in [0.15, 0.2) is 0 Å². The highest BCUT2D eigenvalue weighted by atomic mass is 16.3. The molecule has 0 amide bonds. The molecule has 84 valence electrons. The zero-order valence-electron chi connectivity index (χ0n) is 9.45. The predicted molar refractivity (Wildman–Crippen MR) is 56.8 cm³/mol. The normalized spacial score (nSPS) is 39.9. The molecule has 0 aliphatic heterocycles. The Bertz CT molecular complexity index is 200. The first-order valence-electron chi connectivity index (χ1n) is 5.36. The summed E-state index contributed by atoms with van der Waals surface area (Å²) in [6.07, 6.45) is 1.86. The smallest absolute Gasteiger partial charge is 0.0612 e. The highest BCUT2D eigenvalue weighted by Crippen LogP contribution is 2.40. The molecule has 0 aromatic rings. The van der Waals surface area contributed by atoms with E-state index in [1.165, 1.54) is 0 Å². The summed E-state index contributed by atoms with van der Waals surface area (Å²) in [5.41, 5.74) is 5.51. The lowest BCUT2D eigenvalue weighted by molar-refractivity contribution is -0.0281. The average molecular weight is 201 g/mol. The van der Waals surface area contributed by atoms with Crippen molar-refractivity contribution in [2.24, 2.45) is 17.1 Å². The van der Waals surface area contributed by atoms with Crippen LogP contribution in [0.1, 0.15) is 40.0 Å². The fourth-order valence-electron chi connectivity index (χ4n) is 2.45. The topological polar surface area (TPSA) is 66.5 Å². The van der Waals surface area contributed by atoms with E-state index in [1.54, 1.807) is 0 Å². The highest BCUT2D eigenvalue weighted by molar-refractivity contribution is 4.96. The van der Waals surface area contributed by atoms with Gasteiger partial charge in [0.05, 0.1) is 12.7 Å². The van der Waals surface area contributed by atoms with E-state index in [4.69, 9.17) is 10.8 Å². The summed E-state index contributed by atoms with van der Waals surface area (Å²) >= 11 is 0. The van der Waals surface area contributed by atoms with Gasteiger partial charge in [-0.1, -0.05) is 20.8 Å². The zero-order chi connectivity index (χ0) is 11.0. The third-order valence-electron chi connectivity index (χ3n) is 3.46. The van der Waals surface area contributed by atoms with Crippen LogP contribution in [0.4, 0.5) is 0 Å². The van der Waals surface area contributed by atoms with Crippen LogP contribution in [-0.2, 0) is 0 Å². The Labute approximate surface area is 86.3 Å². The second kappa shape index (κ2) is 3.80. The number of rotatable bonds is 1. The van der Waals surface area contributed by atoms with Gasteiger partial charge in [0.15, 0.2) is 0 Å². The summed E-state index contributed by atoms with van der Waals surface area (Å²) in [6, 6.07) is 0. The second-order valence-corrected chi connectivity index (χ2v) is 5.80. The number of hydrogen-bond acceptors (Lipinski definition) is 3. The molecule has 0 saturated heterocycles. The Morgan fingerprint density at radius 1 is 1.43 bits per heavy atom. The van der Waals surface area contributed by atoms with Crippen LogP contribution < -0.4 is 5.73 Å². The van der Waals surface area contributed by atoms with Gasteiger partial charge in [0.25, 0.3) is 0 Å². The molecule has 3 nitrogen and oxygen atoms in total. The molecule has 3 atom stereocenters. The van der Waals surface area contributed by atoms with E-state index in [9.17, 15) is 5.11 Å². The van der Waals surface area contributed by atoms with Gasteiger partial charge < -0.3 is 15.9 Å². The van der Waals surface area contributed by atoms with Gasteiger partial charge >= 0.3 is 0 Å². The van der Waals surface area contributed by atoms with E-state index in [1.807, 2.05) is 0 Å². The molecule has 0 radical (unpaired) electrons. The van der Waals surface area contributed by atoms with Gasteiger partial charge in [-0.15, -0.1) is 0 Å². The molecule has 3 unspecified atom stereocenters. The van der Waals surface area contributed by atoms with Crippen molar-refractivity contribution in [1.82, 2.24) is 0 Å². The summed E-state index contributed by atoms with van der Waals surface area (Å²) in [4.78, 5) is 0. The number of hydrogen-bond donors (Lipinski definition) is 3. The van der Waals surface area contributed by atoms with E-state index < -0.39 is 5.54 Å². The van der Waals surface area contributed by atoms with Crippen LogP contribution in [-0.4, -0.2) is 28.5 Å². The zero-order valence-corrected chi connectivity index (χ0v) is 9.45. The molecule has 1 saturated carbocycles. The largest absolute Gasteiger partial charge is 0.394 e. The number of aliphatic hydroxyl groups excluding tert-OH is 2. The fourth-order valence-corrected chi connectivity index (χ4v) is 2.45. The van der Waals surface area contributed by atoms with Gasteiger partial charge in [-0.05, 0) is 30.6 Å². The molecule has 1 rings (SSSR count). The molecular weight excluding hydrogens is 178 g/mol. The van der Waals surface area contributed by atoms with Gasteiger partial charge in [0.1, 0.15) is 0 Å². The number of nitrogens with two attached hydrogens (primary N) is 1. The minimum absolute atomic E-state index is 0.0269. The van der Waals surface area contributed by atoms with Gasteiger partial charge in [-0.3, -0.25) is 0 Å². The Kier molecular flexibility index (Phi) is 3.24. The highest BCUT2D eigenvalue weighted by Gasteiger charge is 2.41. The van der Waals surface area contributed by atoms with Crippen molar-refractivity contribution in [2.45, 2.75) is 51.7 Å². The minimum atomic E-state index is -0.554. The average Bonchev–Trinajstić information content (AvgIpc) is 2.01. The Balaban J connectivity index is 2.65. The molecule has 0 spiro atoms. The molecule has 1 aliphatic carbocycles. The third-order valence-corrected chi connectivity index (χ3v) is 3.46. The maximum atomic E-state index is 9.98. The summed E-state index contributed by atoms with van der Waals surface area (Å²) in [6.45, 7) is 6.40. The second-order valence-electron chi connectivity index (χ2n) is 5.80. The molecule has 1 fully saturated rings. The minimum Gasteiger partial charge on any atom is -0.394 e. The van der Waals surface area contributed by atoms with Crippen LogP contribution >= 0.6 is 0 Å². The molecule has 0 aromatic heterocycles. The molecule has 4 N–H and O–H groups in total. The van der Waals surface area contributed by atoms with Crippen LogP contribution in [0.2, 0.25) is 0 Å². The lowest BCUT2D eigenvalue weighted by Gasteiger charge is -2.44. The van der Waals surface area contributed by atoms with Crippen molar-refractivity contribution in [3.05, 3.63) is 0 Å². The number of aliphatic hydroxyl groups is 2. The standard InChI is InChI=1S/C11H23NO2/c1-10(2,3)8-4-5-11(12,7-13)6-9(8)14/h8-9,13-14H,4-7,12H2,1-3H3. The van der Waals surface area contributed by atoms with Crippen LogP contribution in [0.25, 0.3) is 0 Å². The molecule has 0 heterocycles. The molecule has 14 heavy (non-hydrogen) atoms. The van der Waals surface area contributed by atoms with Crippen molar-refractivity contribution < 1.29 is 10.2 Å². The quantitative estimate of drug-likeness (QED) is 0.590. The van der Waals surface area contributed by atoms with Crippen molar-refractivity contribution in [3.63, 3.8) is 0 Å². The first-order valence-corrected chi connectivity index (χ1v) is 5.36. The molecular formula is C11H23NO2. The van der Waals surface area contributed by atoms with E-state index >= 15 is 0 Å². The van der Waals surface area contributed by atoms with Crippen LogP contribution in [0.3, 0.4) is 0 Å². The van der Waals surface area contributed by atoms with Gasteiger partial charge in [-0.25, -0.2) is 0 Å². The summed E-state index contributed by atoms with van der Waals surface area (Å²) in [7, 11) is 0. The van der Waals surface area contributed by atoms with E-state index in [0.717, 1.165) is 12.8 Å². The Morgan fingerprint density at radius 2 is 2.00 bits per heavy atom. The lowest BCUT2D eigenvalue weighted by atomic mass is 9.66. The predicted octanol–water partition coefficient (Wildman–Crippen LogP) is 0.883. The van der Waals surface area contributed by atoms with Crippen molar-refractivity contribution in [1.29, 1.82) is 0 Å². The van der Waals surface area contributed by atoms with E-state index in [-0.39, 0.29) is 18.1 Å². The lowest BCUT2D eigenvalue weighted by Crippen LogP contribution is -2.53. The summed E-state index contributed by atoms with van der Waals surface area (Å²) in [5.74, 6) is 0.297. The van der Waals surface area contributed by atoms with Crippen molar-refractivity contribution >= 4 is 0 Å². The Hall–Kier alpha value is -0.120. The summed E-state index contributed by atoms with van der Waals surface area (Å²) < 4.78 is 0. The van der Waals surface area contributed by atoms with E-state index in [2.05, 4.69) is 20.8 Å². The van der Waals surface area contributed by atoms with Crippen LogP contribution in [0.5, 0.6) is 0 Å². The third kappa shape index (κ3) is 2.47. The molecule has 0 bridgehead atoms. The van der Waals surface area contributed by atoms with Gasteiger partial charge in [-0.2, -0.15) is 0 Å². The fraction of sp³-hybridized carbons (Fsp3) is 1.00. The first-order chi connectivity index (χ1) is 6.28. The van der Waals surface area contributed by atoms with Gasteiger partial charge in [0.2, 0.25) is 0 Å². The molecule has 0 aromatic carbocycles. The maximum absolute atomic E-state index is 9.98. The van der Waals surface area contributed by atoms with Gasteiger partial charge in [0, 0.05) is 5.54 Å². The Morgan fingerprint density at radius 3 is 2.36 bits per heavy atom. The summed E-state index contributed by atoms with van der Waals surface area (Å²) in [5, 5.41) is 19.1. The first kappa shape index (κ1) is 12.0. The molecule has 1 aliphatic rings. The SMILES string of the molecule is CC(C)(C)C1CCC(N)(CO)CC1O. The maximum Gasteiger partial charge on any atom is 0.0612 e. The van der Waals surface area contributed by atoms with Crippen molar-refractivity contribution in [3.8, 4) is 0 Å².